The number of ether oxygens (including phenoxy) is 1. The molecule has 5 rings (SSSR count). The average molecular weight is 567 g/mol. The molecule has 0 spiro atoms. The zero-order valence-electron chi connectivity index (χ0n) is 21.8. The highest BCUT2D eigenvalue weighted by atomic mass is 35.5. The van der Waals surface area contributed by atoms with E-state index >= 15 is 0 Å². The van der Waals surface area contributed by atoms with Gasteiger partial charge in [0, 0.05) is 41.5 Å². The van der Waals surface area contributed by atoms with Gasteiger partial charge in [-0.15, -0.1) is 0 Å². The third kappa shape index (κ3) is 5.93. The Labute approximate surface area is 233 Å². The highest BCUT2D eigenvalue weighted by molar-refractivity contribution is 7.92. The molecule has 2 heterocycles. The summed E-state index contributed by atoms with van der Waals surface area (Å²) in [5, 5.41) is 4.50. The van der Waals surface area contributed by atoms with E-state index in [1.54, 1.807) is 24.4 Å². The van der Waals surface area contributed by atoms with Crippen LogP contribution in [0.1, 0.15) is 38.2 Å². The van der Waals surface area contributed by atoms with Gasteiger partial charge in [0.25, 0.3) is 10.0 Å². The number of nitrogens with zero attached hydrogens (tertiary/aromatic N) is 3. The summed E-state index contributed by atoms with van der Waals surface area (Å²) in [4.78, 5) is 13.7. The molecule has 0 atom stereocenters. The Bertz CT molecular complexity index is 1610. The molecule has 2 aromatic carbocycles. The summed E-state index contributed by atoms with van der Waals surface area (Å²) in [7, 11) is -2.40. The van der Waals surface area contributed by atoms with E-state index in [-0.39, 0.29) is 21.8 Å². The van der Waals surface area contributed by atoms with Crippen molar-refractivity contribution in [2.45, 2.75) is 56.0 Å². The topological polar surface area (TPSA) is 132 Å². The zero-order valence-corrected chi connectivity index (χ0v) is 23.4. The first kappa shape index (κ1) is 27.1. The molecular weight excluding hydrogens is 536 g/mol. The fraction of sp³-hybridized carbons (Fsp3) is 0.321. The molecule has 0 radical (unpaired) electrons. The molecule has 204 valence electrons. The Morgan fingerprint density at radius 1 is 1.08 bits per heavy atom. The molecule has 4 N–H and O–H groups in total. The number of rotatable bonds is 8. The highest BCUT2D eigenvalue weighted by Gasteiger charge is 2.21. The Morgan fingerprint density at radius 3 is 2.56 bits per heavy atom. The van der Waals surface area contributed by atoms with Gasteiger partial charge in [-0.2, -0.15) is 0 Å². The van der Waals surface area contributed by atoms with E-state index in [9.17, 15) is 8.42 Å². The summed E-state index contributed by atoms with van der Waals surface area (Å²) in [6, 6.07) is 12.5. The largest absolute Gasteiger partial charge is 0.496 e. The summed E-state index contributed by atoms with van der Waals surface area (Å²) in [5.74, 6) is 1.22. The fourth-order valence-corrected chi connectivity index (χ4v) is 6.41. The first-order valence-electron chi connectivity index (χ1n) is 12.9. The molecule has 0 amide bonds. The van der Waals surface area contributed by atoms with Gasteiger partial charge in [0.1, 0.15) is 16.5 Å². The van der Waals surface area contributed by atoms with E-state index in [1.165, 1.54) is 19.2 Å². The second-order valence-electron chi connectivity index (χ2n) is 9.68. The van der Waals surface area contributed by atoms with Crippen molar-refractivity contribution in [3.8, 4) is 16.9 Å². The molecule has 11 heteroatoms. The van der Waals surface area contributed by atoms with E-state index in [1.807, 2.05) is 12.3 Å². The van der Waals surface area contributed by atoms with Gasteiger partial charge in [0.15, 0.2) is 0 Å². The van der Waals surface area contributed by atoms with Crippen molar-refractivity contribution in [3.05, 3.63) is 65.4 Å². The lowest BCUT2D eigenvalue weighted by molar-refractivity contribution is 0.410. The Hall–Kier alpha value is -3.47. The maximum atomic E-state index is 12.9. The van der Waals surface area contributed by atoms with Crippen LogP contribution < -0.4 is 20.5 Å². The average Bonchev–Trinajstić information content (AvgIpc) is 2.93. The number of aromatic nitrogens is 3. The molecule has 9 nitrogen and oxygen atoms in total. The van der Waals surface area contributed by atoms with Crippen LogP contribution >= 0.6 is 11.6 Å². The SMILES string of the molecule is CCc1cc(-c2cnc(NS(=O)(=O)c3ccccc3Cl)cc2OC)cc2cnc(N[C@H]3CC[C@H](N)CC3)nc12. The number of benzene rings is 2. The van der Waals surface area contributed by atoms with Crippen molar-refractivity contribution in [1.29, 1.82) is 0 Å². The molecular formula is C28H31ClN6O3S. The van der Waals surface area contributed by atoms with Gasteiger partial charge >= 0.3 is 0 Å². The summed E-state index contributed by atoms with van der Waals surface area (Å²) < 4.78 is 33.9. The molecule has 1 aliphatic carbocycles. The van der Waals surface area contributed by atoms with Crippen molar-refractivity contribution in [2.24, 2.45) is 5.73 Å². The normalized spacial score (nSPS) is 17.6. The summed E-state index contributed by atoms with van der Waals surface area (Å²) in [6.07, 6.45) is 8.22. The number of nitrogens with one attached hydrogen (secondary N) is 2. The predicted molar refractivity (Wildman–Crippen MR) is 155 cm³/mol. The van der Waals surface area contributed by atoms with Gasteiger partial charge in [-0.1, -0.05) is 30.7 Å². The molecule has 0 aliphatic heterocycles. The number of methoxy groups -OCH3 is 1. The van der Waals surface area contributed by atoms with Crippen molar-refractivity contribution in [2.75, 3.05) is 17.1 Å². The van der Waals surface area contributed by atoms with Gasteiger partial charge in [0.2, 0.25) is 5.95 Å². The molecule has 0 bridgehead atoms. The van der Waals surface area contributed by atoms with Crippen molar-refractivity contribution >= 4 is 44.3 Å². The minimum atomic E-state index is -3.93. The molecule has 4 aromatic rings. The van der Waals surface area contributed by atoms with E-state index in [4.69, 9.17) is 27.1 Å². The lowest BCUT2D eigenvalue weighted by atomic mass is 9.92. The number of aryl methyl sites for hydroxylation is 1. The minimum absolute atomic E-state index is 0.0282. The number of hydrogen-bond acceptors (Lipinski definition) is 8. The highest BCUT2D eigenvalue weighted by Crippen LogP contribution is 2.35. The van der Waals surface area contributed by atoms with Gasteiger partial charge in [0.05, 0.1) is 17.6 Å². The van der Waals surface area contributed by atoms with Crippen molar-refractivity contribution in [3.63, 3.8) is 0 Å². The van der Waals surface area contributed by atoms with Crippen LogP contribution in [0, 0.1) is 0 Å². The molecule has 39 heavy (non-hydrogen) atoms. The quantitative estimate of drug-likeness (QED) is 0.258. The van der Waals surface area contributed by atoms with E-state index < -0.39 is 10.0 Å². The first-order chi connectivity index (χ1) is 18.8. The number of sulfonamides is 1. The van der Waals surface area contributed by atoms with Crippen LogP contribution in [-0.2, 0) is 16.4 Å². The smallest absolute Gasteiger partial charge is 0.264 e. The molecule has 2 aromatic heterocycles. The number of anilines is 2. The lowest BCUT2D eigenvalue weighted by Crippen LogP contribution is -2.33. The van der Waals surface area contributed by atoms with Gasteiger partial charge in [-0.25, -0.2) is 23.4 Å². The fourth-order valence-electron chi connectivity index (χ4n) is 4.89. The second-order valence-corrected chi connectivity index (χ2v) is 11.7. The number of nitrogens with two attached hydrogens (primary N) is 1. The summed E-state index contributed by atoms with van der Waals surface area (Å²) in [5.41, 5.74) is 9.58. The maximum Gasteiger partial charge on any atom is 0.264 e. The maximum absolute atomic E-state index is 12.9. The molecule has 1 saturated carbocycles. The second kappa shape index (κ2) is 11.3. The number of fused-ring (bicyclic) bond motifs is 1. The Kier molecular flexibility index (Phi) is 7.88. The number of halogens is 1. The number of pyridine rings is 1. The van der Waals surface area contributed by atoms with Gasteiger partial charge in [-0.3, -0.25) is 4.72 Å². The monoisotopic (exact) mass is 566 g/mol. The molecule has 0 unspecified atom stereocenters. The van der Waals surface area contributed by atoms with Crippen LogP contribution in [-0.4, -0.2) is 42.6 Å². The first-order valence-corrected chi connectivity index (χ1v) is 14.8. The van der Waals surface area contributed by atoms with Crippen LogP contribution in [0.15, 0.2) is 59.8 Å². The minimum Gasteiger partial charge on any atom is -0.496 e. The third-order valence-electron chi connectivity index (χ3n) is 7.01. The lowest BCUT2D eigenvalue weighted by Gasteiger charge is -2.26. The summed E-state index contributed by atoms with van der Waals surface area (Å²) in [6.45, 7) is 2.08. The van der Waals surface area contributed by atoms with Crippen LogP contribution in [0.25, 0.3) is 22.0 Å². The van der Waals surface area contributed by atoms with Crippen LogP contribution in [0.4, 0.5) is 11.8 Å². The molecule has 1 fully saturated rings. The van der Waals surface area contributed by atoms with Gasteiger partial charge < -0.3 is 15.8 Å². The van der Waals surface area contributed by atoms with E-state index in [0.29, 0.717) is 17.7 Å². The third-order valence-corrected chi connectivity index (χ3v) is 8.86. The Balaban J connectivity index is 1.44. The van der Waals surface area contributed by atoms with Crippen LogP contribution in [0.2, 0.25) is 5.02 Å². The van der Waals surface area contributed by atoms with E-state index in [0.717, 1.165) is 59.7 Å². The Morgan fingerprint density at radius 2 is 1.85 bits per heavy atom. The van der Waals surface area contributed by atoms with Crippen LogP contribution in [0.5, 0.6) is 5.75 Å². The van der Waals surface area contributed by atoms with Crippen LogP contribution in [0.3, 0.4) is 0 Å². The van der Waals surface area contributed by atoms with Crippen molar-refractivity contribution < 1.29 is 13.2 Å². The number of hydrogen-bond donors (Lipinski definition) is 3. The van der Waals surface area contributed by atoms with Crippen molar-refractivity contribution in [1.82, 2.24) is 15.0 Å². The van der Waals surface area contributed by atoms with E-state index in [2.05, 4.69) is 33.0 Å². The zero-order chi connectivity index (χ0) is 27.6. The summed E-state index contributed by atoms with van der Waals surface area (Å²) >= 11 is 6.10. The molecule has 0 saturated heterocycles. The predicted octanol–water partition coefficient (Wildman–Crippen LogP) is 5.40. The standard InChI is InChI=1S/C28H31ClN6O3S/c1-3-17-12-18(13-19-15-32-28(34-27(17)19)33-21-10-8-20(30)9-11-21)22-16-31-26(14-24(22)38-2)35-39(36,37)25-7-5-4-6-23(25)29/h4-7,12-16,20-21H,3,8-11,30H2,1-2H3,(H,31,35)(H,32,33,34)/t20-,21-. The van der Waals surface area contributed by atoms with Gasteiger partial charge in [-0.05, 0) is 67.5 Å². The molecule has 1 aliphatic rings.